The number of carbonyl (C=O) groups is 2. The molecule has 0 spiro atoms. The zero-order valence-corrected chi connectivity index (χ0v) is 14.5. The number of likely N-dealkylation sites (tertiary alicyclic amines) is 1. The number of rotatable bonds is 7. The number of non-ortho nitro benzene ring substituents is 1. The molecular formula is C17H24N4O4. The Labute approximate surface area is 146 Å². The molecule has 0 aromatic heterocycles. The highest BCUT2D eigenvalue weighted by atomic mass is 16.6. The Bertz CT molecular complexity index is 630. The van der Waals surface area contributed by atoms with E-state index in [4.69, 9.17) is 0 Å². The summed E-state index contributed by atoms with van der Waals surface area (Å²) in [6, 6.07) is 5.72. The van der Waals surface area contributed by atoms with Crippen molar-refractivity contribution in [2.45, 2.75) is 32.7 Å². The number of anilines is 1. The molecule has 1 atom stereocenters. The van der Waals surface area contributed by atoms with E-state index in [1.54, 1.807) is 17.0 Å². The molecule has 2 amide bonds. The molecule has 1 aromatic carbocycles. The molecule has 0 bridgehead atoms. The maximum absolute atomic E-state index is 12.3. The highest BCUT2D eigenvalue weighted by Gasteiger charge is 2.34. The molecule has 2 rings (SSSR count). The van der Waals surface area contributed by atoms with E-state index in [0.29, 0.717) is 26.1 Å². The second kappa shape index (κ2) is 8.46. The van der Waals surface area contributed by atoms with Crippen molar-refractivity contribution in [2.24, 2.45) is 5.92 Å². The van der Waals surface area contributed by atoms with Gasteiger partial charge in [-0.1, -0.05) is 13.8 Å². The van der Waals surface area contributed by atoms with Gasteiger partial charge in [-0.05, 0) is 25.0 Å². The molecule has 25 heavy (non-hydrogen) atoms. The van der Waals surface area contributed by atoms with Crippen molar-refractivity contribution >= 4 is 23.2 Å². The van der Waals surface area contributed by atoms with Gasteiger partial charge in [0, 0.05) is 43.4 Å². The van der Waals surface area contributed by atoms with Crippen LogP contribution in [0.3, 0.4) is 0 Å². The van der Waals surface area contributed by atoms with E-state index in [0.717, 1.165) is 12.1 Å². The first-order valence-corrected chi connectivity index (χ1v) is 8.46. The van der Waals surface area contributed by atoms with Crippen LogP contribution in [-0.4, -0.2) is 47.3 Å². The van der Waals surface area contributed by atoms with Crippen molar-refractivity contribution in [3.05, 3.63) is 34.4 Å². The fourth-order valence-corrected chi connectivity index (χ4v) is 2.85. The molecule has 0 radical (unpaired) electrons. The quantitative estimate of drug-likeness (QED) is 0.444. The third-order valence-corrected chi connectivity index (χ3v) is 4.16. The predicted octanol–water partition coefficient (Wildman–Crippen LogP) is 1.77. The van der Waals surface area contributed by atoms with Crippen LogP contribution in [0.25, 0.3) is 0 Å². The molecule has 0 aliphatic carbocycles. The van der Waals surface area contributed by atoms with Crippen LogP contribution in [0, 0.1) is 16.0 Å². The predicted molar refractivity (Wildman–Crippen MR) is 94.2 cm³/mol. The standard InChI is InChI=1S/C17H24N4O4/c1-12(2)17(23)20-11-3-4-15(20)16(22)19-10-9-18-13-5-7-14(8-6-13)21(24)25/h5-8,12,15,18H,3-4,9-11H2,1-2H3,(H,19,22)/t15-/m1/s1. The summed E-state index contributed by atoms with van der Waals surface area (Å²) in [6.45, 7) is 5.22. The number of hydrogen-bond acceptors (Lipinski definition) is 5. The van der Waals surface area contributed by atoms with Crippen LogP contribution in [0.1, 0.15) is 26.7 Å². The van der Waals surface area contributed by atoms with Crippen molar-refractivity contribution < 1.29 is 14.5 Å². The minimum Gasteiger partial charge on any atom is -0.383 e. The molecule has 1 fully saturated rings. The molecule has 0 saturated carbocycles. The summed E-state index contributed by atoms with van der Waals surface area (Å²) in [5.41, 5.74) is 0.785. The van der Waals surface area contributed by atoms with E-state index in [1.807, 2.05) is 13.8 Å². The zero-order valence-electron chi connectivity index (χ0n) is 14.5. The van der Waals surface area contributed by atoms with Crippen LogP contribution in [0.15, 0.2) is 24.3 Å². The first-order chi connectivity index (χ1) is 11.9. The van der Waals surface area contributed by atoms with Crippen LogP contribution in [-0.2, 0) is 9.59 Å². The van der Waals surface area contributed by atoms with Gasteiger partial charge in [-0.15, -0.1) is 0 Å². The summed E-state index contributed by atoms with van der Waals surface area (Å²) in [5, 5.41) is 16.5. The molecule has 1 heterocycles. The lowest BCUT2D eigenvalue weighted by Crippen LogP contribution is -2.48. The number of benzene rings is 1. The fraction of sp³-hybridized carbons (Fsp3) is 0.529. The van der Waals surface area contributed by atoms with Gasteiger partial charge in [0.1, 0.15) is 6.04 Å². The van der Waals surface area contributed by atoms with Crippen molar-refractivity contribution in [3.63, 3.8) is 0 Å². The third-order valence-electron chi connectivity index (χ3n) is 4.16. The maximum atomic E-state index is 12.3. The number of hydrogen-bond donors (Lipinski definition) is 2. The molecular weight excluding hydrogens is 324 g/mol. The van der Waals surface area contributed by atoms with Crippen LogP contribution in [0.4, 0.5) is 11.4 Å². The SMILES string of the molecule is CC(C)C(=O)N1CCC[C@@H]1C(=O)NCCNc1ccc([N+](=O)[O-])cc1. The molecule has 1 saturated heterocycles. The maximum Gasteiger partial charge on any atom is 0.269 e. The summed E-state index contributed by atoms with van der Waals surface area (Å²) in [7, 11) is 0. The lowest BCUT2D eigenvalue weighted by Gasteiger charge is -2.25. The van der Waals surface area contributed by atoms with E-state index in [2.05, 4.69) is 10.6 Å². The van der Waals surface area contributed by atoms with Gasteiger partial charge in [0.25, 0.3) is 5.69 Å². The van der Waals surface area contributed by atoms with Crippen molar-refractivity contribution in [1.29, 1.82) is 0 Å². The molecule has 136 valence electrons. The largest absolute Gasteiger partial charge is 0.383 e. The summed E-state index contributed by atoms with van der Waals surface area (Å²) >= 11 is 0. The van der Waals surface area contributed by atoms with Gasteiger partial charge in [-0.3, -0.25) is 19.7 Å². The highest BCUT2D eigenvalue weighted by Crippen LogP contribution is 2.20. The summed E-state index contributed by atoms with van der Waals surface area (Å²) in [5.74, 6) is -0.226. The smallest absolute Gasteiger partial charge is 0.269 e. The number of nitrogens with zero attached hydrogens (tertiary/aromatic N) is 2. The monoisotopic (exact) mass is 348 g/mol. The normalized spacial score (nSPS) is 16.8. The lowest BCUT2D eigenvalue weighted by atomic mass is 10.1. The Balaban J connectivity index is 1.76. The molecule has 0 unspecified atom stereocenters. The second-order valence-corrected chi connectivity index (χ2v) is 6.37. The first-order valence-electron chi connectivity index (χ1n) is 8.46. The van der Waals surface area contributed by atoms with Crippen LogP contribution < -0.4 is 10.6 Å². The van der Waals surface area contributed by atoms with Gasteiger partial charge in [-0.25, -0.2) is 0 Å². The first kappa shape index (κ1) is 18.7. The summed E-state index contributed by atoms with van der Waals surface area (Å²) < 4.78 is 0. The van der Waals surface area contributed by atoms with E-state index >= 15 is 0 Å². The molecule has 1 aliphatic heterocycles. The van der Waals surface area contributed by atoms with E-state index in [1.165, 1.54) is 12.1 Å². The van der Waals surface area contributed by atoms with E-state index in [9.17, 15) is 19.7 Å². The summed E-state index contributed by atoms with van der Waals surface area (Å²) in [6.07, 6.45) is 1.54. The van der Waals surface area contributed by atoms with Crippen molar-refractivity contribution in [3.8, 4) is 0 Å². The third kappa shape index (κ3) is 4.91. The topological polar surface area (TPSA) is 105 Å². The minimum absolute atomic E-state index is 0.0154. The van der Waals surface area contributed by atoms with E-state index < -0.39 is 4.92 Å². The fourth-order valence-electron chi connectivity index (χ4n) is 2.85. The minimum atomic E-state index is -0.449. The number of nitro benzene ring substituents is 1. The lowest BCUT2D eigenvalue weighted by molar-refractivity contribution is -0.384. The van der Waals surface area contributed by atoms with Gasteiger partial charge in [0.05, 0.1) is 4.92 Å². The second-order valence-electron chi connectivity index (χ2n) is 6.37. The number of nitrogens with one attached hydrogen (secondary N) is 2. The van der Waals surface area contributed by atoms with Crippen LogP contribution >= 0.6 is 0 Å². The van der Waals surface area contributed by atoms with Gasteiger partial charge >= 0.3 is 0 Å². The average Bonchev–Trinajstić information content (AvgIpc) is 3.07. The van der Waals surface area contributed by atoms with Crippen LogP contribution in [0.2, 0.25) is 0 Å². The molecule has 8 heteroatoms. The van der Waals surface area contributed by atoms with Crippen molar-refractivity contribution in [2.75, 3.05) is 25.0 Å². The Kier molecular flexibility index (Phi) is 6.32. The molecule has 2 N–H and O–H groups in total. The number of amides is 2. The number of carbonyl (C=O) groups excluding carboxylic acids is 2. The van der Waals surface area contributed by atoms with E-state index in [-0.39, 0.29) is 29.5 Å². The Hall–Kier alpha value is -2.64. The van der Waals surface area contributed by atoms with Gasteiger partial charge in [0.15, 0.2) is 0 Å². The van der Waals surface area contributed by atoms with Crippen LogP contribution in [0.5, 0.6) is 0 Å². The average molecular weight is 348 g/mol. The Morgan fingerprint density at radius 2 is 1.96 bits per heavy atom. The molecule has 1 aromatic rings. The zero-order chi connectivity index (χ0) is 18.4. The van der Waals surface area contributed by atoms with Gasteiger partial charge < -0.3 is 15.5 Å². The van der Waals surface area contributed by atoms with Gasteiger partial charge in [-0.2, -0.15) is 0 Å². The van der Waals surface area contributed by atoms with Crippen molar-refractivity contribution in [1.82, 2.24) is 10.2 Å². The Morgan fingerprint density at radius 3 is 2.56 bits per heavy atom. The molecule has 8 nitrogen and oxygen atoms in total. The number of nitro groups is 1. The Morgan fingerprint density at radius 1 is 1.28 bits per heavy atom. The highest BCUT2D eigenvalue weighted by molar-refractivity contribution is 5.88. The summed E-state index contributed by atoms with van der Waals surface area (Å²) in [4.78, 5) is 36.3. The van der Waals surface area contributed by atoms with Gasteiger partial charge in [0.2, 0.25) is 11.8 Å². The molecule has 1 aliphatic rings.